The smallest absolute Gasteiger partial charge is 0.339 e. The van der Waals surface area contributed by atoms with Crippen LogP contribution in [-0.4, -0.2) is 56.6 Å². The van der Waals surface area contributed by atoms with Gasteiger partial charge in [-0.25, -0.2) is 19.4 Å². The van der Waals surface area contributed by atoms with Crippen LogP contribution in [0.3, 0.4) is 0 Å². The van der Waals surface area contributed by atoms with Gasteiger partial charge in [-0.05, 0) is 78.4 Å². The van der Waals surface area contributed by atoms with Crippen LogP contribution in [0.4, 0.5) is 0 Å². The van der Waals surface area contributed by atoms with Gasteiger partial charge >= 0.3 is 17.9 Å². The molecule has 1 aromatic heterocycles. The zero-order chi connectivity index (χ0) is 37.7. The summed E-state index contributed by atoms with van der Waals surface area (Å²) in [5.41, 5.74) is 0.280. The molecule has 4 aromatic carbocycles. The van der Waals surface area contributed by atoms with Crippen molar-refractivity contribution in [3.8, 4) is 23.0 Å². The Hall–Kier alpha value is -5.50. The van der Waals surface area contributed by atoms with Crippen LogP contribution in [0.1, 0.15) is 81.0 Å². The summed E-state index contributed by atoms with van der Waals surface area (Å²) in [5, 5.41) is 9.22. The number of para-hydroxylation sites is 2. The molecule has 0 radical (unpaired) electrons. The minimum absolute atomic E-state index is 0.0120. The Morgan fingerprint density at radius 3 is 1.52 bits per heavy atom. The predicted molar refractivity (Wildman–Crippen MR) is 205 cm³/mol. The van der Waals surface area contributed by atoms with E-state index >= 15 is 0 Å². The Morgan fingerprint density at radius 2 is 1.10 bits per heavy atom. The van der Waals surface area contributed by atoms with Gasteiger partial charge in [0.25, 0.3) is 5.91 Å². The van der Waals surface area contributed by atoms with Crippen LogP contribution in [0.2, 0.25) is 0 Å². The molecule has 0 aliphatic carbocycles. The number of benzene rings is 4. The van der Waals surface area contributed by atoms with Crippen LogP contribution in [0.25, 0.3) is 0 Å². The molecule has 5 aromatic rings. The number of carboxylic acids is 1. The number of imidazole rings is 1. The molecular formula is C40H41IN2O9. The van der Waals surface area contributed by atoms with Crippen molar-refractivity contribution in [1.29, 1.82) is 0 Å². The standard InChI is InChI=1S/C21H20N2O4.C18H18O5.CH3I/c1-2-3-13-26-21(25)19-14-17(27-16-7-5-4-6-8-16)9-10-18(19)20(24)23-12-11-22-15-23;1-2-3-11-22-18(21)16-12-14(9-10-15(16)17(19)20)23-13-7-5-4-6-8-13;1-2/h4-12,14-15H,2-3,13H2,1H3;4-10,12H,2-3,11H2,1H3,(H,19,20);1H3. The van der Waals surface area contributed by atoms with Gasteiger partial charge in [-0.1, -0.05) is 85.7 Å². The topological polar surface area (TPSA) is 143 Å². The summed E-state index contributed by atoms with van der Waals surface area (Å²) in [6.07, 6.45) is 7.71. The van der Waals surface area contributed by atoms with Gasteiger partial charge in [-0.2, -0.15) is 0 Å². The first-order valence-corrected chi connectivity index (χ1v) is 18.7. The second-order valence-corrected chi connectivity index (χ2v) is 10.8. The van der Waals surface area contributed by atoms with E-state index in [4.69, 9.17) is 18.9 Å². The number of halogens is 1. The summed E-state index contributed by atoms with van der Waals surface area (Å²) >= 11 is 2.15. The Balaban J connectivity index is 0.000000271. The van der Waals surface area contributed by atoms with Crippen LogP contribution in [0.15, 0.2) is 116 Å². The van der Waals surface area contributed by atoms with Gasteiger partial charge in [0.2, 0.25) is 0 Å². The van der Waals surface area contributed by atoms with E-state index in [2.05, 4.69) is 27.6 Å². The number of carboxylic acid groups (broad SMARTS) is 1. The number of ether oxygens (including phenoxy) is 4. The molecule has 0 unspecified atom stereocenters. The maximum atomic E-state index is 12.7. The lowest BCUT2D eigenvalue weighted by Crippen LogP contribution is -2.17. The van der Waals surface area contributed by atoms with E-state index in [0.717, 1.165) is 25.7 Å². The molecule has 0 atom stereocenters. The van der Waals surface area contributed by atoms with Gasteiger partial charge in [0.1, 0.15) is 29.3 Å². The molecule has 0 aliphatic heterocycles. The minimum Gasteiger partial charge on any atom is -0.478 e. The van der Waals surface area contributed by atoms with Crippen molar-refractivity contribution < 1.29 is 43.2 Å². The summed E-state index contributed by atoms with van der Waals surface area (Å²) in [6, 6.07) is 27.2. The van der Waals surface area contributed by atoms with Crippen LogP contribution in [-0.2, 0) is 9.47 Å². The zero-order valence-corrected chi connectivity index (χ0v) is 31.4. The number of alkyl halides is 1. The summed E-state index contributed by atoms with van der Waals surface area (Å²) in [7, 11) is 0. The fourth-order valence-corrected chi connectivity index (χ4v) is 4.43. The number of rotatable bonds is 14. The molecule has 0 spiro atoms. The maximum absolute atomic E-state index is 12.7. The van der Waals surface area contributed by atoms with Crippen molar-refractivity contribution in [3.63, 3.8) is 0 Å². The lowest BCUT2D eigenvalue weighted by atomic mass is 10.1. The third-order valence-electron chi connectivity index (χ3n) is 7.04. The molecule has 52 heavy (non-hydrogen) atoms. The van der Waals surface area contributed by atoms with Crippen molar-refractivity contribution in [2.45, 2.75) is 39.5 Å². The van der Waals surface area contributed by atoms with Crippen molar-refractivity contribution >= 4 is 46.4 Å². The van der Waals surface area contributed by atoms with E-state index in [9.17, 15) is 24.3 Å². The lowest BCUT2D eigenvalue weighted by molar-refractivity contribution is 0.0485. The van der Waals surface area contributed by atoms with Crippen LogP contribution in [0.5, 0.6) is 23.0 Å². The highest BCUT2D eigenvalue weighted by Crippen LogP contribution is 2.26. The molecule has 1 N–H and O–H groups in total. The van der Waals surface area contributed by atoms with Gasteiger partial charge in [0, 0.05) is 12.4 Å². The lowest BCUT2D eigenvalue weighted by Gasteiger charge is -2.12. The molecule has 11 nitrogen and oxygen atoms in total. The van der Waals surface area contributed by atoms with Gasteiger partial charge in [0.15, 0.2) is 0 Å². The van der Waals surface area contributed by atoms with Crippen LogP contribution >= 0.6 is 22.6 Å². The molecule has 0 saturated carbocycles. The van der Waals surface area contributed by atoms with Crippen molar-refractivity contribution in [2.75, 3.05) is 18.1 Å². The Bertz CT molecular complexity index is 1870. The minimum atomic E-state index is -1.18. The van der Waals surface area contributed by atoms with Crippen molar-refractivity contribution in [1.82, 2.24) is 9.55 Å². The molecule has 272 valence electrons. The average Bonchev–Trinajstić information content (AvgIpc) is 3.72. The number of unbranched alkanes of at least 4 members (excludes halogenated alkanes) is 2. The van der Waals surface area contributed by atoms with Crippen LogP contribution in [0, 0.1) is 0 Å². The summed E-state index contributed by atoms with van der Waals surface area (Å²) < 4.78 is 23.1. The number of aromatic carboxylic acids is 1. The fraction of sp³-hybridized carbons (Fsp3) is 0.225. The molecular weight excluding hydrogens is 779 g/mol. The summed E-state index contributed by atoms with van der Waals surface area (Å²) in [4.78, 5) is 54.5. The first-order chi connectivity index (χ1) is 25.3. The number of hydrogen-bond acceptors (Lipinski definition) is 9. The van der Waals surface area contributed by atoms with E-state index in [1.807, 2.05) is 67.3 Å². The first kappa shape index (κ1) is 40.9. The molecule has 0 amide bonds. The number of hydrogen-bond donors (Lipinski definition) is 1. The largest absolute Gasteiger partial charge is 0.478 e. The Labute approximate surface area is 316 Å². The second-order valence-electron chi connectivity index (χ2n) is 10.8. The van der Waals surface area contributed by atoms with Gasteiger partial charge in [-0.3, -0.25) is 9.36 Å². The Morgan fingerprint density at radius 1 is 0.635 bits per heavy atom. The maximum Gasteiger partial charge on any atom is 0.339 e. The zero-order valence-electron chi connectivity index (χ0n) is 29.2. The quantitative estimate of drug-likeness (QED) is 0.0498. The Kier molecular flexibility index (Phi) is 17.6. The molecule has 0 bridgehead atoms. The molecule has 0 aliphatic rings. The van der Waals surface area contributed by atoms with E-state index < -0.39 is 17.9 Å². The van der Waals surface area contributed by atoms with Gasteiger partial charge in [0.05, 0.1) is 35.5 Å². The van der Waals surface area contributed by atoms with Crippen molar-refractivity contribution in [2.24, 2.45) is 0 Å². The average molecular weight is 821 g/mol. The monoisotopic (exact) mass is 820 g/mol. The van der Waals surface area contributed by atoms with Gasteiger partial charge < -0.3 is 24.1 Å². The number of carbonyl (C=O) groups is 4. The number of aromatic nitrogens is 2. The third-order valence-corrected chi connectivity index (χ3v) is 7.04. The SMILES string of the molecule is CCCCOC(=O)c1cc(Oc2ccccc2)ccc1C(=O)O.CCCCOC(=O)c1cc(Oc2ccccc2)ccc1C(=O)n1ccnc1.CI. The fourth-order valence-electron chi connectivity index (χ4n) is 4.43. The third kappa shape index (κ3) is 12.7. The predicted octanol–water partition coefficient (Wildman–Crippen LogP) is 9.51. The van der Waals surface area contributed by atoms with E-state index in [0.29, 0.717) is 29.6 Å². The van der Waals surface area contributed by atoms with E-state index in [1.54, 1.807) is 24.3 Å². The molecule has 0 saturated heterocycles. The molecule has 5 rings (SSSR count). The number of nitrogens with zero attached hydrogens (tertiary/aromatic N) is 2. The highest BCUT2D eigenvalue weighted by Gasteiger charge is 2.21. The number of carbonyl (C=O) groups excluding carboxylic acids is 3. The molecule has 0 fully saturated rings. The second kappa shape index (κ2) is 22.3. The highest BCUT2D eigenvalue weighted by atomic mass is 127. The molecule has 12 heteroatoms. The first-order valence-electron chi connectivity index (χ1n) is 16.5. The number of esters is 2. The summed E-state index contributed by atoms with van der Waals surface area (Å²) in [6.45, 7) is 4.55. The van der Waals surface area contributed by atoms with Crippen LogP contribution < -0.4 is 9.47 Å². The highest BCUT2D eigenvalue weighted by molar-refractivity contribution is 14.1. The molecule has 1 heterocycles. The van der Waals surface area contributed by atoms with E-state index in [-0.39, 0.29) is 34.8 Å². The van der Waals surface area contributed by atoms with E-state index in [1.165, 1.54) is 47.6 Å². The van der Waals surface area contributed by atoms with Gasteiger partial charge in [-0.15, -0.1) is 0 Å². The normalized spacial score (nSPS) is 10.0. The summed E-state index contributed by atoms with van der Waals surface area (Å²) in [5.74, 6) is -0.688. The van der Waals surface area contributed by atoms with Crippen molar-refractivity contribution in [3.05, 3.63) is 138 Å².